The summed E-state index contributed by atoms with van der Waals surface area (Å²) in [6.45, 7) is 5.17. The molecule has 0 radical (unpaired) electrons. The molecular formula is C17H33N5O5. The van der Waals surface area contributed by atoms with Crippen molar-refractivity contribution >= 4 is 23.7 Å². The van der Waals surface area contributed by atoms with Crippen molar-refractivity contribution in [2.45, 2.75) is 64.6 Å². The summed E-state index contributed by atoms with van der Waals surface area (Å²) in [5, 5.41) is 16.4. The molecule has 0 aliphatic carbocycles. The van der Waals surface area contributed by atoms with E-state index in [1.807, 2.05) is 6.92 Å². The zero-order valence-electron chi connectivity index (χ0n) is 16.3. The van der Waals surface area contributed by atoms with Crippen LogP contribution in [-0.2, 0) is 19.2 Å². The number of hydrogen-bond acceptors (Lipinski definition) is 6. The van der Waals surface area contributed by atoms with E-state index in [0.29, 0.717) is 19.4 Å². The maximum atomic E-state index is 12.1. The topological polar surface area (TPSA) is 177 Å². The molecule has 0 heterocycles. The number of carbonyl (C=O) groups excluding carboxylic acids is 3. The second-order valence-electron chi connectivity index (χ2n) is 6.61. The minimum Gasteiger partial charge on any atom is -0.480 e. The van der Waals surface area contributed by atoms with Crippen LogP contribution in [0.2, 0.25) is 0 Å². The van der Waals surface area contributed by atoms with E-state index in [0.717, 1.165) is 12.8 Å². The van der Waals surface area contributed by atoms with E-state index in [-0.39, 0.29) is 12.5 Å². The maximum Gasteiger partial charge on any atom is 0.326 e. The minimum atomic E-state index is -1.13. The molecule has 0 rings (SSSR count). The number of carboxylic acid groups (broad SMARTS) is 1. The summed E-state index contributed by atoms with van der Waals surface area (Å²) in [7, 11) is 0. The summed E-state index contributed by atoms with van der Waals surface area (Å²) in [4.78, 5) is 47.0. The number of carboxylic acids is 1. The Morgan fingerprint density at radius 1 is 1.04 bits per heavy atom. The zero-order chi connectivity index (χ0) is 21.0. The van der Waals surface area contributed by atoms with Crippen molar-refractivity contribution in [3.63, 3.8) is 0 Å². The molecule has 10 heteroatoms. The smallest absolute Gasteiger partial charge is 0.326 e. The number of amides is 3. The average Bonchev–Trinajstić information content (AvgIpc) is 2.62. The predicted octanol–water partition coefficient (Wildman–Crippen LogP) is -1.32. The summed E-state index contributed by atoms with van der Waals surface area (Å²) >= 11 is 0. The Balaban J connectivity index is 4.38. The molecule has 0 saturated heterocycles. The van der Waals surface area contributed by atoms with Gasteiger partial charge in [0.05, 0.1) is 12.6 Å². The van der Waals surface area contributed by atoms with Crippen LogP contribution in [0.4, 0.5) is 0 Å². The lowest BCUT2D eigenvalue weighted by Crippen LogP contribution is -2.53. The van der Waals surface area contributed by atoms with Crippen molar-refractivity contribution in [3.05, 3.63) is 0 Å². The quantitative estimate of drug-likeness (QED) is 0.212. The molecule has 3 amide bonds. The van der Waals surface area contributed by atoms with E-state index in [2.05, 4.69) is 16.0 Å². The van der Waals surface area contributed by atoms with Crippen molar-refractivity contribution < 1.29 is 24.3 Å². The summed E-state index contributed by atoms with van der Waals surface area (Å²) in [6, 6.07) is -2.71. The highest BCUT2D eigenvalue weighted by Gasteiger charge is 2.27. The van der Waals surface area contributed by atoms with Crippen LogP contribution in [0.3, 0.4) is 0 Å². The molecule has 4 atom stereocenters. The van der Waals surface area contributed by atoms with Gasteiger partial charge in [0.2, 0.25) is 17.7 Å². The number of hydrogen-bond donors (Lipinski definition) is 6. The van der Waals surface area contributed by atoms with Gasteiger partial charge in [-0.05, 0) is 32.2 Å². The number of nitrogens with two attached hydrogens (primary N) is 2. The third kappa shape index (κ3) is 9.90. The first-order valence-electron chi connectivity index (χ1n) is 9.19. The fourth-order valence-corrected chi connectivity index (χ4v) is 2.26. The molecule has 0 aromatic carbocycles. The first-order chi connectivity index (χ1) is 12.6. The number of unbranched alkanes of at least 4 members (excludes halogenated alkanes) is 1. The standard InChI is InChI=1S/C17H33N5O5/c1-4-10(2)14(17(26)27)22-15(24)11(3)21-13(23)9-20-16(25)12(19)7-5-6-8-18/h10-12,14H,4-9,18-19H2,1-3H3,(H,20,25)(H,21,23)(H,22,24)(H,26,27)/t10-,11-,12-,14-/m0/s1. The third-order valence-corrected chi connectivity index (χ3v) is 4.28. The molecule has 0 fully saturated rings. The summed E-state index contributed by atoms with van der Waals surface area (Å²) < 4.78 is 0. The van der Waals surface area contributed by atoms with Crippen molar-refractivity contribution in [3.8, 4) is 0 Å². The minimum absolute atomic E-state index is 0.255. The lowest BCUT2D eigenvalue weighted by molar-refractivity contribution is -0.143. The molecule has 8 N–H and O–H groups in total. The van der Waals surface area contributed by atoms with Crippen molar-refractivity contribution in [1.82, 2.24) is 16.0 Å². The Hall–Kier alpha value is -2.20. The molecular weight excluding hydrogens is 354 g/mol. The van der Waals surface area contributed by atoms with Gasteiger partial charge in [0.1, 0.15) is 12.1 Å². The molecule has 156 valence electrons. The van der Waals surface area contributed by atoms with Gasteiger partial charge in [-0.15, -0.1) is 0 Å². The van der Waals surface area contributed by atoms with Crippen LogP contribution in [0.15, 0.2) is 0 Å². The molecule has 0 bridgehead atoms. The van der Waals surface area contributed by atoms with Crippen LogP contribution in [0.25, 0.3) is 0 Å². The lowest BCUT2D eigenvalue weighted by atomic mass is 9.99. The fraction of sp³-hybridized carbons (Fsp3) is 0.765. The Labute approximate surface area is 159 Å². The van der Waals surface area contributed by atoms with Gasteiger partial charge in [-0.1, -0.05) is 26.7 Å². The number of nitrogens with one attached hydrogen (secondary N) is 3. The normalized spacial score (nSPS) is 15.1. The van der Waals surface area contributed by atoms with Gasteiger partial charge >= 0.3 is 5.97 Å². The van der Waals surface area contributed by atoms with Gasteiger partial charge in [0.15, 0.2) is 0 Å². The average molecular weight is 387 g/mol. The van der Waals surface area contributed by atoms with Gasteiger partial charge in [0.25, 0.3) is 0 Å². The molecule has 10 nitrogen and oxygen atoms in total. The SMILES string of the molecule is CC[C@H](C)[C@H](NC(=O)[C@H](C)NC(=O)CNC(=O)[C@@H](N)CCCCN)C(=O)O. The Morgan fingerprint density at radius 3 is 2.19 bits per heavy atom. The third-order valence-electron chi connectivity index (χ3n) is 4.28. The second-order valence-corrected chi connectivity index (χ2v) is 6.61. The second kappa shape index (κ2) is 13.0. The summed E-state index contributed by atoms with van der Waals surface area (Å²) in [6.07, 6.45) is 2.53. The Morgan fingerprint density at radius 2 is 1.67 bits per heavy atom. The predicted molar refractivity (Wildman–Crippen MR) is 101 cm³/mol. The van der Waals surface area contributed by atoms with E-state index >= 15 is 0 Å². The van der Waals surface area contributed by atoms with E-state index < -0.39 is 41.8 Å². The van der Waals surface area contributed by atoms with Crippen LogP contribution in [0.1, 0.15) is 46.5 Å². The van der Waals surface area contributed by atoms with Gasteiger partial charge in [-0.2, -0.15) is 0 Å². The van der Waals surface area contributed by atoms with Crippen molar-refractivity contribution in [1.29, 1.82) is 0 Å². The van der Waals surface area contributed by atoms with E-state index in [1.165, 1.54) is 6.92 Å². The first-order valence-corrected chi connectivity index (χ1v) is 9.19. The molecule has 0 unspecified atom stereocenters. The molecule has 0 aliphatic rings. The van der Waals surface area contributed by atoms with Crippen LogP contribution in [0, 0.1) is 5.92 Å². The van der Waals surface area contributed by atoms with E-state index in [4.69, 9.17) is 11.5 Å². The van der Waals surface area contributed by atoms with Crippen LogP contribution < -0.4 is 27.4 Å². The number of aliphatic carboxylic acids is 1. The lowest BCUT2D eigenvalue weighted by Gasteiger charge is -2.22. The molecule has 0 aliphatic heterocycles. The number of carbonyl (C=O) groups is 4. The monoisotopic (exact) mass is 387 g/mol. The first kappa shape index (κ1) is 24.8. The molecule has 27 heavy (non-hydrogen) atoms. The van der Waals surface area contributed by atoms with Gasteiger partial charge in [-0.3, -0.25) is 14.4 Å². The van der Waals surface area contributed by atoms with E-state index in [1.54, 1.807) is 6.92 Å². The molecule has 0 aromatic rings. The largest absolute Gasteiger partial charge is 0.480 e. The van der Waals surface area contributed by atoms with E-state index in [9.17, 15) is 24.3 Å². The van der Waals surface area contributed by atoms with Crippen molar-refractivity contribution in [2.24, 2.45) is 17.4 Å². The maximum absolute atomic E-state index is 12.1. The Bertz CT molecular complexity index is 514. The fourth-order valence-electron chi connectivity index (χ4n) is 2.26. The number of rotatable bonds is 13. The Kier molecular flexibility index (Phi) is 12.0. The molecule has 0 saturated carbocycles. The van der Waals surface area contributed by atoms with Crippen LogP contribution in [0.5, 0.6) is 0 Å². The molecule has 0 aromatic heterocycles. The zero-order valence-corrected chi connectivity index (χ0v) is 16.3. The highest BCUT2D eigenvalue weighted by Crippen LogP contribution is 2.08. The van der Waals surface area contributed by atoms with Gasteiger partial charge in [0, 0.05) is 0 Å². The summed E-state index contributed by atoms with van der Waals surface area (Å²) in [5.74, 6) is -3.03. The summed E-state index contributed by atoms with van der Waals surface area (Å²) in [5.41, 5.74) is 11.1. The van der Waals surface area contributed by atoms with Crippen molar-refractivity contribution in [2.75, 3.05) is 13.1 Å². The van der Waals surface area contributed by atoms with Crippen LogP contribution in [-0.4, -0.2) is 60.0 Å². The van der Waals surface area contributed by atoms with Crippen LogP contribution >= 0.6 is 0 Å². The van der Waals surface area contributed by atoms with Gasteiger partial charge in [-0.25, -0.2) is 4.79 Å². The molecule has 0 spiro atoms. The van der Waals surface area contributed by atoms with Gasteiger partial charge < -0.3 is 32.5 Å². The highest BCUT2D eigenvalue weighted by molar-refractivity contribution is 5.92. The highest BCUT2D eigenvalue weighted by atomic mass is 16.4.